The average Bonchev–Trinajstić information content (AvgIpc) is 2.89. The van der Waals surface area contributed by atoms with Gasteiger partial charge in [0.2, 0.25) is 0 Å². The lowest BCUT2D eigenvalue weighted by atomic mass is 10.1. The van der Waals surface area contributed by atoms with Gasteiger partial charge in [0, 0.05) is 23.4 Å². The van der Waals surface area contributed by atoms with E-state index in [9.17, 15) is 14.4 Å². The Labute approximate surface area is 137 Å². The normalized spacial score (nSPS) is 10.8. The molecule has 1 N–H and O–H groups in total. The molecule has 0 bridgehead atoms. The molecule has 6 nitrogen and oxygen atoms in total. The van der Waals surface area contributed by atoms with E-state index in [0.29, 0.717) is 34.5 Å². The third-order valence-electron chi connectivity index (χ3n) is 3.80. The predicted molar refractivity (Wildman–Crippen MR) is 90.5 cm³/mol. The van der Waals surface area contributed by atoms with Crippen LogP contribution in [0.2, 0.25) is 0 Å². The van der Waals surface area contributed by atoms with Gasteiger partial charge in [-0.3, -0.25) is 14.2 Å². The highest BCUT2D eigenvalue weighted by molar-refractivity contribution is 6.06. The third-order valence-corrected chi connectivity index (χ3v) is 3.80. The molecule has 1 aromatic heterocycles. The van der Waals surface area contributed by atoms with Crippen LogP contribution < -0.4 is 11.1 Å². The molecule has 0 aliphatic heterocycles. The van der Waals surface area contributed by atoms with Crippen LogP contribution in [0.5, 0.6) is 0 Å². The lowest BCUT2D eigenvalue weighted by molar-refractivity contribution is 0.101. The summed E-state index contributed by atoms with van der Waals surface area (Å²) in [4.78, 5) is 35.3. The molecule has 0 aliphatic carbocycles. The maximum absolute atomic E-state index is 12.4. The highest BCUT2D eigenvalue weighted by Gasteiger charge is 2.12. The number of hydrogen-bond donors (Lipinski definition) is 1. The summed E-state index contributed by atoms with van der Waals surface area (Å²) in [6.45, 7) is 3.78. The van der Waals surface area contributed by atoms with Crippen LogP contribution in [0.1, 0.15) is 34.6 Å². The standard InChI is InChI=1S/C18H16N2O4/c1-3-20-15-10-13(6-9-16(15)24-18(20)23)17(22)19-14-7-4-12(5-8-14)11(2)21/h4-10H,3H2,1-2H3,(H,19,22). The molecule has 0 radical (unpaired) electrons. The molecule has 24 heavy (non-hydrogen) atoms. The van der Waals surface area contributed by atoms with E-state index in [1.54, 1.807) is 42.5 Å². The molecule has 0 atom stereocenters. The number of nitrogens with one attached hydrogen (secondary N) is 1. The van der Waals surface area contributed by atoms with Crippen molar-refractivity contribution in [2.24, 2.45) is 0 Å². The lowest BCUT2D eigenvalue weighted by Gasteiger charge is -2.06. The molecule has 0 unspecified atom stereocenters. The number of nitrogens with zero attached hydrogens (tertiary/aromatic N) is 1. The Hall–Kier alpha value is -3.15. The summed E-state index contributed by atoms with van der Waals surface area (Å²) < 4.78 is 6.59. The lowest BCUT2D eigenvalue weighted by Crippen LogP contribution is -2.14. The van der Waals surface area contributed by atoms with Crippen molar-refractivity contribution in [3.05, 3.63) is 64.1 Å². The van der Waals surface area contributed by atoms with E-state index in [1.165, 1.54) is 11.5 Å². The molecule has 0 saturated heterocycles. The zero-order valence-electron chi connectivity index (χ0n) is 13.3. The number of aromatic nitrogens is 1. The maximum atomic E-state index is 12.4. The molecule has 1 amide bonds. The molecular weight excluding hydrogens is 308 g/mol. The van der Waals surface area contributed by atoms with Gasteiger partial charge in [0.05, 0.1) is 5.52 Å². The van der Waals surface area contributed by atoms with Gasteiger partial charge in [0.15, 0.2) is 11.4 Å². The van der Waals surface area contributed by atoms with Crippen molar-refractivity contribution in [3.8, 4) is 0 Å². The number of hydrogen-bond acceptors (Lipinski definition) is 4. The van der Waals surface area contributed by atoms with Crippen LogP contribution in [0.4, 0.5) is 5.69 Å². The Kier molecular flexibility index (Phi) is 4.04. The topological polar surface area (TPSA) is 81.3 Å². The van der Waals surface area contributed by atoms with Crippen molar-refractivity contribution in [2.75, 3.05) is 5.32 Å². The minimum Gasteiger partial charge on any atom is -0.408 e. The van der Waals surface area contributed by atoms with Crippen LogP contribution in [0.25, 0.3) is 11.1 Å². The molecular formula is C18H16N2O4. The maximum Gasteiger partial charge on any atom is 0.419 e. The predicted octanol–water partition coefficient (Wildman–Crippen LogP) is 3.07. The summed E-state index contributed by atoms with van der Waals surface area (Å²) in [6.07, 6.45) is 0. The fourth-order valence-corrected chi connectivity index (χ4v) is 2.49. The molecule has 2 aromatic carbocycles. The van der Waals surface area contributed by atoms with E-state index in [1.807, 2.05) is 6.92 Å². The summed E-state index contributed by atoms with van der Waals surface area (Å²) >= 11 is 0. The largest absolute Gasteiger partial charge is 0.419 e. The Balaban J connectivity index is 1.88. The van der Waals surface area contributed by atoms with Crippen LogP contribution in [-0.4, -0.2) is 16.3 Å². The van der Waals surface area contributed by atoms with Crippen LogP contribution in [0.15, 0.2) is 51.7 Å². The zero-order chi connectivity index (χ0) is 17.3. The Morgan fingerprint density at radius 2 is 1.75 bits per heavy atom. The molecule has 122 valence electrons. The highest BCUT2D eigenvalue weighted by Crippen LogP contribution is 2.17. The number of ketones is 1. The van der Waals surface area contributed by atoms with Crippen LogP contribution in [0.3, 0.4) is 0 Å². The van der Waals surface area contributed by atoms with Gasteiger partial charge in [0.25, 0.3) is 5.91 Å². The number of fused-ring (bicyclic) bond motifs is 1. The Bertz CT molecular complexity index is 980. The van der Waals surface area contributed by atoms with Crippen LogP contribution in [0, 0.1) is 0 Å². The molecule has 3 rings (SSSR count). The molecule has 0 saturated carbocycles. The number of amides is 1. The molecule has 0 aliphatic rings. The summed E-state index contributed by atoms with van der Waals surface area (Å²) in [5.41, 5.74) is 2.62. The van der Waals surface area contributed by atoms with Gasteiger partial charge in [-0.1, -0.05) is 0 Å². The van der Waals surface area contributed by atoms with Crippen LogP contribution in [-0.2, 0) is 6.54 Å². The average molecular weight is 324 g/mol. The van der Waals surface area contributed by atoms with Gasteiger partial charge in [0.1, 0.15) is 0 Å². The first-order chi connectivity index (χ1) is 11.5. The Morgan fingerprint density at radius 1 is 1.08 bits per heavy atom. The number of oxazole rings is 1. The van der Waals surface area contributed by atoms with Crippen molar-refractivity contribution in [3.63, 3.8) is 0 Å². The monoisotopic (exact) mass is 324 g/mol. The second-order valence-electron chi connectivity index (χ2n) is 5.38. The molecule has 0 fully saturated rings. The summed E-state index contributed by atoms with van der Waals surface area (Å²) in [5, 5.41) is 2.77. The van der Waals surface area contributed by atoms with Crippen molar-refractivity contribution < 1.29 is 14.0 Å². The minimum atomic E-state index is -0.440. The third kappa shape index (κ3) is 2.86. The van der Waals surface area contributed by atoms with Gasteiger partial charge in [-0.2, -0.15) is 0 Å². The smallest absolute Gasteiger partial charge is 0.408 e. The fourth-order valence-electron chi connectivity index (χ4n) is 2.49. The summed E-state index contributed by atoms with van der Waals surface area (Å²) in [7, 11) is 0. The van der Waals surface area contributed by atoms with Gasteiger partial charge in [-0.15, -0.1) is 0 Å². The molecule has 6 heteroatoms. The van der Waals surface area contributed by atoms with E-state index >= 15 is 0 Å². The van der Waals surface area contributed by atoms with Crippen molar-refractivity contribution in [1.82, 2.24) is 4.57 Å². The van der Waals surface area contributed by atoms with Gasteiger partial charge in [-0.25, -0.2) is 4.79 Å². The van der Waals surface area contributed by atoms with Gasteiger partial charge >= 0.3 is 5.76 Å². The number of anilines is 1. The molecule has 1 heterocycles. The van der Waals surface area contributed by atoms with Crippen molar-refractivity contribution in [1.29, 1.82) is 0 Å². The number of carbonyl (C=O) groups is 2. The van der Waals surface area contributed by atoms with Gasteiger partial charge < -0.3 is 9.73 Å². The fraction of sp³-hybridized carbons (Fsp3) is 0.167. The zero-order valence-corrected chi connectivity index (χ0v) is 13.3. The SMILES string of the molecule is CCn1c(=O)oc2ccc(C(=O)Nc3ccc(C(C)=O)cc3)cc21. The first kappa shape index (κ1) is 15.7. The van der Waals surface area contributed by atoms with E-state index in [2.05, 4.69) is 5.32 Å². The highest BCUT2D eigenvalue weighted by atomic mass is 16.4. The second-order valence-corrected chi connectivity index (χ2v) is 5.38. The number of rotatable bonds is 4. The number of benzene rings is 2. The van der Waals surface area contributed by atoms with E-state index in [4.69, 9.17) is 4.42 Å². The van der Waals surface area contributed by atoms with Gasteiger partial charge in [-0.05, 0) is 56.3 Å². The minimum absolute atomic E-state index is 0.0316. The van der Waals surface area contributed by atoms with E-state index in [-0.39, 0.29) is 11.7 Å². The second kappa shape index (κ2) is 6.16. The number of Topliss-reactive ketones (excluding diaryl/α,β-unsaturated/α-hetero) is 1. The van der Waals surface area contributed by atoms with E-state index < -0.39 is 5.76 Å². The van der Waals surface area contributed by atoms with E-state index in [0.717, 1.165) is 0 Å². The molecule has 0 spiro atoms. The summed E-state index contributed by atoms with van der Waals surface area (Å²) in [5.74, 6) is -0.774. The van der Waals surface area contributed by atoms with Crippen LogP contribution >= 0.6 is 0 Å². The number of aryl methyl sites for hydroxylation is 1. The first-order valence-corrected chi connectivity index (χ1v) is 7.55. The number of carbonyl (C=O) groups excluding carboxylic acids is 2. The summed E-state index contributed by atoms with van der Waals surface area (Å²) in [6, 6.07) is 11.5. The van der Waals surface area contributed by atoms with Crippen molar-refractivity contribution >= 4 is 28.5 Å². The Morgan fingerprint density at radius 3 is 2.38 bits per heavy atom. The van der Waals surface area contributed by atoms with Crippen molar-refractivity contribution in [2.45, 2.75) is 20.4 Å². The quantitative estimate of drug-likeness (QED) is 0.748. The molecule has 3 aromatic rings. The first-order valence-electron chi connectivity index (χ1n) is 7.55.